The molecule has 5 atom stereocenters. The molecule has 1 saturated heterocycles. The van der Waals surface area contributed by atoms with Crippen LogP contribution in [0.4, 0.5) is 10.2 Å². The summed E-state index contributed by atoms with van der Waals surface area (Å²) in [6.45, 7) is 1.61. The highest BCUT2D eigenvalue weighted by molar-refractivity contribution is 6.28. The maximum Gasteiger partial charge on any atom is 0.348 e. The van der Waals surface area contributed by atoms with E-state index in [9.17, 15) is 24.9 Å². The first-order valence-electron chi connectivity index (χ1n) is 11.7. The number of carboxylic acids is 2. The van der Waals surface area contributed by atoms with Crippen LogP contribution in [0.5, 0.6) is 0 Å². The summed E-state index contributed by atoms with van der Waals surface area (Å²) in [6, 6.07) is 6.02. The van der Waals surface area contributed by atoms with Gasteiger partial charge in [-0.2, -0.15) is 9.97 Å². The molecule has 4 heterocycles. The number of ether oxygens (including phenoxy) is 2. The zero-order valence-electron chi connectivity index (χ0n) is 20.3. The number of nitrogen functional groups attached to an aromatic ring is 1. The van der Waals surface area contributed by atoms with E-state index >= 15 is 4.39 Å². The number of benzene rings is 1. The van der Waals surface area contributed by atoms with E-state index in [-0.39, 0.29) is 33.7 Å². The van der Waals surface area contributed by atoms with Crippen LogP contribution in [0.3, 0.4) is 0 Å². The molecule has 5 N–H and O–H groups in total. The number of nitrogens with zero attached hydrogens (tertiary/aromatic N) is 6. The smallest absolute Gasteiger partial charge is 0.348 e. The van der Waals surface area contributed by atoms with Crippen molar-refractivity contribution in [3.05, 3.63) is 47.3 Å². The number of fused-ring (bicyclic) bond motifs is 2. The van der Waals surface area contributed by atoms with Crippen molar-refractivity contribution in [1.29, 1.82) is 0 Å². The molecule has 1 saturated carbocycles. The molecule has 1 aliphatic carbocycles. The maximum absolute atomic E-state index is 15.6. The van der Waals surface area contributed by atoms with Crippen molar-refractivity contribution in [1.82, 2.24) is 29.7 Å². The monoisotopic (exact) mass is 575 g/mol. The summed E-state index contributed by atoms with van der Waals surface area (Å²) in [5.74, 6) is -3.19. The largest absolute Gasteiger partial charge is 0.479 e. The summed E-state index contributed by atoms with van der Waals surface area (Å²) in [5.41, 5.74) is 1.50. The van der Waals surface area contributed by atoms with E-state index in [0.29, 0.717) is 11.5 Å². The fourth-order valence-electron chi connectivity index (χ4n) is 4.80. The second-order valence-electron chi connectivity index (χ2n) is 9.41. The van der Waals surface area contributed by atoms with Crippen molar-refractivity contribution >= 4 is 40.5 Å². The summed E-state index contributed by atoms with van der Waals surface area (Å²) >= 11 is 5.85. The van der Waals surface area contributed by atoms with Crippen molar-refractivity contribution in [2.75, 3.05) is 5.73 Å². The van der Waals surface area contributed by atoms with Gasteiger partial charge >= 0.3 is 11.9 Å². The van der Waals surface area contributed by atoms with Gasteiger partial charge in [-0.1, -0.05) is 12.1 Å². The van der Waals surface area contributed by atoms with E-state index < -0.39 is 54.2 Å². The lowest BCUT2D eigenvalue weighted by atomic mass is 9.93. The lowest BCUT2D eigenvalue weighted by Gasteiger charge is -2.28. The molecule has 2 fully saturated rings. The van der Waals surface area contributed by atoms with Crippen LogP contribution in [-0.2, 0) is 25.5 Å². The summed E-state index contributed by atoms with van der Waals surface area (Å²) in [6.07, 6.45) is -6.12. The Morgan fingerprint density at radius 2 is 1.93 bits per heavy atom. The van der Waals surface area contributed by atoms with Crippen molar-refractivity contribution in [3.8, 4) is 11.5 Å². The quantitative estimate of drug-likeness (QED) is 0.169. The first-order valence-corrected chi connectivity index (χ1v) is 12.0. The average molecular weight is 576 g/mol. The van der Waals surface area contributed by atoms with Crippen LogP contribution in [0.25, 0.3) is 22.6 Å². The van der Waals surface area contributed by atoms with Crippen LogP contribution in [0.1, 0.15) is 17.7 Å². The normalized spacial score (nSPS) is 25.7. The molecule has 3 aromatic heterocycles. The molecule has 15 nitrogen and oxygen atoms in total. The van der Waals surface area contributed by atoms with Crippen LogP contribution >= 0.6 is 11.6 Å². The summed E-state index contributed by atoms with van der Waals surface area (Å²) < 4.78 is 33.2. The van der Waals surface area contributed by atoms with E-state index in [2.05, 4.69) is 25.1 Å². The van der Waals surface area contributed by atoms with Gasteiger partial charge in [0.05, 0.1) is 6.33 Å². The molecule has 0 spiro atoms. The molecule has 0 bridgehead atoms. The van der Waals surface area contributed by atoms with Crippen molar-refractivity contribution in [2.24, 2.45) is 0 Å². The molecule has 0 radical (unpaired) electrons. The highest BCUT2D eigenvalue weighted by Gasteiger charge is 2.80. The Bertz CT molecular complexity index is 1650. The number of alkyl halides is 1. The molecule has 40 heavy (non-hydrogen) atoms. The van der Waals surface area contributed by atoms with Gasteiger partial charge in [0.2, 0.25) is 17.1 Å². The molecular formula is C23H19ClFN7O8. The number of aliphatic hydroxyl groups is 1. The van der Waals surface area contributed by atoms with Gasteiger partial charge in [-0.25, -0.2) is 19.0 Å². The topological polar surface area (TPSA) is 222 Å². The molecule has 2 aliphatic rings. The first-order chi connectivity index (χ1) is 19.0. The van der Waals surface area contributed by atoms with Gasteiger partial charge in [0.25, 0.3) is 5.60 Å². The number of nitrogens with two attached hydrogens (primary N) is 1. The van der Waals surface area contributed by atoms with Crippen LogP contribution in [0.15, 0.2) is 35.0 Å². The number of carboxylic acid groups (broad SMARTS) is 2. The van der Waals surface area contributed by atoms with Crippen LogP contribution in [0, 0.1) is 6.92 Å². The Morgan fingerprint density at radius 3 is 2.50 bits per heavy atom. The number of aromatic nitrogens is 6. The SMILES string of the molecule is Cc1nnc(-c2ccc(CC(OC3[C@H]4O[C@@H](n5cnc6c(N)nc(Cl)nc65)[C@@H](F)[C@@]34O)(C(=O)O)C(=O)O)cc2)o1. The van der Waals surface area contributed by atoms with E-state index in [1.54, 1.807) is 19.1 Å². The second kappa shape index (κ2) is 8.88. The van der Waals surface area contributed by atoms with E-state index in [0.717, 1.165) is 4.57 Å². The van der Waals surface area contributed by atoms with Crippen molar-refractivity contribution in [3.63, 3.8) is 0 Å². The number of aliphatic carboxylic acids is 2. The van der Waals surface area contributed by atoms with Crippen molar-refractivity contribution in [2.45, 2.75) is 49.2 Å². The number of carbonyl (C=O) groups is 2. The Balaban J connectivity index is 1.24. The van der Waals surface area contributed by atoms with E-state index in [1.807, 2.05) is 0 Å². The number of rotatable bonds is 8. The summed E-state index contributed by atoms with van der Waals surface area (Å²) in [4.78, 5) is 36.3. The fourth-order valence-corrected chi connectivity index (χ4v) is 4.97. The predicted octanol–water partition coefficient (Wildman–Crippen LogP) is 0.936. The third-order valence-electron chi connectivity index (χ3n) is 6.95. The zero-order chi connectivity index (χ0) is 28.6. The molecule has 17 heteroatoms. The van der Waals surface area contributed by atoms with Gasteiger partial charge in [0, 0.05) is 18.9 Å². The Kier molecular flexibility index (Phi) is 5.77. The zero-order valence-corrected chi connectivity index (χ0v) is 21.1. The van der Waals surface area contributed by atoms with Gasteiger partial charge < -0.3 is 34.9 Å². The third-order valence-corrected chi connectivity index (χ3v) is 7.12. The first kappa shape index (κ1) is 26.0. The number of anilines is 1. The highest BCUT2D eigenvalue weighted by atomic mass is 35.5. The molecule has 4 aromatic rings. The summed E-state index contributed by atoms with van der Waals surface area (Å²) in [7, 11) is 0. The Hall–Kier alpha value is -4.25. The minimum atomic E-state index is -2.87. The molecule has 1 aromatic carbocycles. The molecule has 0 amide bonds. The average Bonchev–Trinajstić information content (AvgIpc) is 3.31. The molecule has 1 unspecified atom stereocenters. The van der Waals surface area contributed by atoms with E-state index in [1.165, 1.54) is 18.5 Å². The number of imidazole rings is 1. The van der Waals surface area contributed by atoms with Gasteiger partial charge in [0.15, 0.2) is 29.5 Å². The van der Waals surface area contributed by atoms with Crippen LogP contribution < -0.4 is 5.73 Å². The second-order valence-corrected chi connectivity index (χ2v) is 9.75. The molecule has 208 valence electrons. The van der Waals surface area contributed by atoms with E-state index in [4.69, 9.17) is 31.2 Å². The van der Waals surface area contributed by atoms with Gasteiger partial charge in [0.1, 0.15) is 17.7 Å². The van der Waals surface area contributed by atoms with Gasteiger partial charge in [-0.3, -0.25) is 4.57 Å². The standard InChI is InChI=1S/C23H19ClFN7O8/c1-8-30-31-17(38-8)10-4-2-9(3-5-10)6-22(19(33)34,20(35)36)40-14-13-23(14,37)12(25)18(39-13)32-7-27-11-15(26)28-21(24)29-16(11)32/h2-5,7,12-14,18,37H,6H2,1H3,(H,33,34)(H,35,36)(H2,26,28,29)/t12-,13-,14?,18-,23+/m1/s1. The lowest BCUT2D eigenvalue weighted by Crippen LogP contribution is -2.53. The van der Waals surface area contributed by atoms with Gasteiger partial charge in [-0.05, 0) is 29.3 Å². The van der Waals surface area contributed by atoms with Crippen LogP contribution in [-0.4, -0.2) is 86.6 Å². The minimum absolute atomic E-state index is 0.0390. The molecule has 6 rings (SSSR count). The third kappa shape index (κ3) is 3.79. The molecular weight excluding hydrogens is 557 g/mol. The lowest BCUT2D eigenvalue weighted by molar-refractivity contribution is -0.194. The fraction of sp³-hybridized carbons (Fsp3) is 0.348. The predicted molar refractivity (Wildman–Crippen MR) is 130 cm³/mol. The summed E-state index contributed by atoms with van der Waals surface area (Å²) in [5, 5.41) is 38.3. The minimum Gasteiger partial charge on any atom is -0.479 e. The van der Waals surface area contributed by atoms with Crippen molar-refractivity contribution < 1.29 is 43.2 Å². The van der Waals surface area contributed by atoms with Crippen LogP contribution in [0.2, 0.25) is 5.28 Å². The molecule has 1 aliphatic heterocycles. The number of halogens is 2. The maximum atomic E-state index is 15.6. The highest BCUT2D eigenvalue weighted by Crippen LogP contribution is 2.58. The number of hydrogen-bond donors (Lipinski definition) is 4. The van der Waals surface area contributed by atoms with Gasteiger partial charge in [-0.15, -0.1) is 10.2 Å². The Morgan fingerprint density at radius 1 is 1.23 bits per heavy atom. The number of aryl methyl sites for hydroxylation is 1. The Labute approximate surface area is 227 Å². The number of hydrogen-bond acceptors (Lipinski definition) is 12.